The number of benzene rings is 3. The maximum atomic E-state index is 11.9. The molecule has 0 spiro atoms. The van der Waals surface area contributed by atoms with Gasteiger partial charge in [-0.3, -0.25) is 4.79 Å². The maximum Gasteiger partial charge on any atom is 0.277 e. The lowest BCUT2D eigenvalue weighted by Gasteiger charge is -2.12. The molecule has 31 heavy (non-hydrogen) atoms. The van der Waals surface area contributed by atoms with Crippen LogP contribution in [0.5, 0.6) is 17.2 Å². The molecule has 0 bridgehead atoms. The fraction of sp³-hybridized carbons (Fsp3) is 0.130. The van der Waals surface area contributed by atoms with Crippen molar-refractivity contribution in [3.63, 3.8) is 0 Å². The average Bonchev–Trinajstić information content (AvgIpc) is 2.78. The van der Waals surface area contributed by atoms with Gasteiger partial charge < -0.3 is 14.2 Å². The van der Waals surface area contributed by atoms with Gasteiger partial charge in [0.15, 0.2) is 18.1 Å². The molecule has 0 aliphatic carbocycles. The zero-order chi connectivity index (χ0) is 22.1. The minimum atomic E-state index is -0.414. The summed E-state index contributed by atoms with van der Waals surface area (Å²) in [5.41, 5.74) is 3.99. The Morgan fingerprint density at radius 1 is 0.935 bits per heavy atom. The summed E-state index contributed by atoms with van der Waals surface area (Å²) in [6.07, 6.45) is 1.49. The highest BCUT2D eigenvalue weighted by molar-refractivity contribution is 6.32. The molecule has 0 saturated heterocycles. The van der Waals surface area contributed by atoms with E-state index >= 15 is 0 Å². The Bertz CT molecular complexity index is 1070. The van der Waals surface area contributed by atoms with E-state index < -0.39 is 5.91 Å². The molecule has 160 valence electrons. The van der Waals surface area contributed by atoms with E-state index in [-0.39, 0.29) is 6.61 Å². The van der Waals surface area contributed by atoms with Gasteiger partial charge in [0.25, 0.3) is 5.91 Å². The number of hydrogen-bond acceptors (Lipinski definition) is 5. The van der Waals surface area contributed by atoms with E-state index in [1.165, 1.54) is 6.21 Å². The van der Waals surface area contributed by atoms with Gasteiger partial charge in [-0.25, -0.2) is 5.43 Å². The largest absolute Gasteiger partial charge is 0.493 e. The lowest BCUT2D eigenvalue weighted by molar-refractivity contribution is -0.123. The first-order chi connectivity index (χ1) is 15.1. The summed E-state index contributed by atoms with van der Waals surface area (Å²) in [6, 6.07) is 19.7. The third-order valence-electron chi connectivity index (χ3n) is 4.13. The molecule has 6 nitrogen and oxygen atoms in total. The molecule has 0 fully saturated rings. The van der Waals surface area contributed by atoms with Gasteiger partial charge in [-0.05, 0) is 42.0 Å². The quantitative estimate of drug-likeness (QED) is 0.357. The molecule has 3 rings (SSSR count). The number of hydrogen-bond donors (Lipinski definition) is 1. The first-order valence-electron chi connectivity index (χ1n) is 9.30. The smallest absolute Gasteiger partial charge is 0.277 e. The van der Waals surface area contributed by atoms with Crippen LogP contribution in [0.1, 0.15) is 11.1 Å². The molecule has 8 heteroatoms. The number of hydrazone groups is 1. The highest BCUT2D eigenvalue weighted by Crippen LogP contribution is 2.29. The molecule has 0 aliphatic heterocycles. The van der Waals surface area contributed by atoms with E-state index in [4.69, 9.17) is 37.4 Å². The van der Waals surface area contributed by atoms with Crippen LogP contribution < -0.4 is 19.6 Å². The molecule has 1 amide bonds. The normalized spacial score (nSPS) is 10.7. The summed E-state index contributed by atoms with van der Waals surface area (Å²) in [4.78, 5) is 11.9. The maximum absolute atomic E-state index is 11.9. The second-order valence-corrected chi connectivity index (χ2v) is 7.12. The highest BCUT2D eigenvalue weighted by atomic mass is 35.5. The first kappa shape index (κ1) is 22.5. The summed E-state index contributed by atoms with van der Waals surface area (Å²) >= 11 is 12.1. The molecule has 0 atom stereocenters. The average molecular weight is 459 g/mol. The van der Waals surface area contributed by atoms with Crippen molar-refractivity contribution in [3.8, 4) is 17.2 Å². The van der Waals surface area contributed by atoms with E-state index in [0.29, 0.717) is 39.5 Å². The van der Waals surface area contributed by atoms with Crippen molar-refractivity contribution in [2.24, 2.45) is 5.10 Å². The number of para-hydroxylation sites is 1. The molecule has 0 radical (unpaired) electrons. The predicted octanol–water partition coefficient (Wildman–Crippen LogP) is 5.11. The van der Waals surface area contributed by atoms with E-state index in [2.05, 4.69) is 10.5 Å². The second kappa shape index (κ2) is 11.2. The zero-order valence-corrected chi connectivity index (χ0v) is 18.2. The number of halogens is 2. The van der Waals surface area contributed by atoms with Crippen LogP contribution in [0.25, 0.3) is 0 Å². The van der Waals surface area contributed by atoms with Gasteiger partial charge in [0.05, 0.1) is 18.3 Å². The molecule has 3 aromatic carbocycles. The van der Waals surface area contributed by atoms with Gasteiger partial charge in [0.1, 0.15) is 12.4 Å². The van der Waals surface area contributed by atoms with Crippen molar-refractivity contribution >= 4 is 35.3 Å². The Morgan fingerprint density at radius 3 is 2.42 bits per heavy atom. The SMILES string of the molecule is COc1cc(/C=N\NC(=O)COc2ccccc2Cl)ccc1OCc1ccccc1Cl. The summed E-state index contributed by atoms with van der Waals surface area (Å²) in [7, 11) is 1.55. The summed E-state index contributed by atoms with van der Waals surface area (Å²) in [5.74, 6) is 1.12. The van der Waals surface area contributed by atoms with Gasteiger partial charge in [0, 0.05) is 10.6 Å². The summed E-state index contributed by atoms with van der Waals surface area (Å²) in [5, 5.41) is 5.01. The van der Waals surface area contributed by atoms with Crippen molar-refractivity contribution in [1.29, 1.82) is 0 Å². The number of carbonyl (C=O) groups is 1. The molecule has 0 heterocycles. The fourth-order valence-electron chi connectivity index (χ4n) is 2.57. The van der Waals surface area contributed by atoms with Crippen LogP contribution in [0.3, 0.4) is 0 Å². The lowest BCUT2D eigenvalue weighted by atomic mass is 10.2. The molecule has 1 N–H and O–H groups in total. The Hall–Kier alpha value is -3.22. The van der Waals surface area contributed by atoms with Crippen molar-refractivity contribution < 1.29 is 19.0 Å². The number of ether oxygens (including phenoxy) is 3. The Kier molecular flexibility index (Phi) is 8.15. The summed E-state index contributed by atoms with van der Waals surface area (Å²) < 4.78 is 16.6. The zero-order valence-electron chi connectivity index (χ0n) is 16.7. The van der Waals surface area contributed by atoms with Crippen LogP contribution in [0, 0.1) is 0 Å². The number of nitrogens with one attached hydrogen (secondary N) is 1. The minimum Gasteiger partial charge on any atom is -0.493 e. The number of nitrogens with zero attached hydrogens (tertiary/aromatic N) is 1. The molecule has 0 unspecified atom stereocenters. The number of carbonyl (C=O) groups excluding carboxylic acids is 1. The molecular weight excluding hydrogens is 439 g/mol. The molecule has 0 aromatic heterocycles. The van der Waals surface area contributed by atoms with Gasteiger partial charge in [-0.1, -0.05) is 53.5 Å². The number of methoxy groups -OCH3 is 1. The van der Waals surface area contributed by atoms with E-state index in [1.54, 1.807) is 49.6 Å². The Balaban J connectivity index is 1.54. The predicted molar refractivity (Wildman–Crippen MR) is 121 cm³/mol. The fourth-order valence-corrected chi connectivity index (χ4v) is 2.95. The van der Waals surface area contributed by atoms with Crippen LogP contribution >= 0.6 is 23.2 Å². The van der Waals surface area contributed by atoms with Crippen LogP contribution in [0.4, 0.5) is 0 Å². The number of rotatable bonds is 9. The van der Waals surface area contributed by atoms with Gasteiger partial charge >= 0.3 is 0 Å². The number of amides is 1. The van der Waals surface area contributed by atoms with Crippen molar-refractivity contribution in [3.05, 3.63) is 87.9 Å². The Labute approximate surface area is 190 Å². The van der Waals surface area contributed by atoms with Crippen molar-refractivity contribution in [1.82, 2.24) is 5.43 Å². The van der Waals surface area contributed by atoms with Crippen LogP contribution in [0.15, 0.2) is 71.8 Å². The van der Waals surface area contributed by atoms with Gasteiger partial charge in [-0.15, -0.1) is 0 Å². The Morgan fingerprint density at radius 2 is 1.68 bits per heavy atom. The standard InChI is InChI=1S/C23H20Cl2N2O4/c1-29-22-12-16(10-11-21(22)30-14-17-6-2-3-7-18(17)24)13-26-27-23(28)15-31-20-9-5-4-8-19(20)25/h2-13H,14-15H2,1H3,(H,27,28)/b26-13-. The molecular formula is C23H20Cl2N2O4. The van der Waals surface area contributed by atoms with Gasteiger partial charge in [0.2, 0.25) is 0 Å². The second-order valence-electron chi connectivity index (χ2n) is 6.30. The van der Waals surface area contributed by atoms with Crippen LogP contribution in [-0.2, 0) is 11.4 Å². The van der Waals surface area contributed by atoms with Crippen molar-refractivity contribution in [2.45, 2.75) is 6.61 Å². The molecule has 3 aromatic rings. The topological polar surface area (TPSA) is 69.2 Å². The van der Waals surface area contributed by atoms with Crippen LogP contribution in [0.2, 0.25) is 10.0 Å². The third-order valence-corrected chi connectivity index (χ3v) is 4.81. The minimum absolute atomic E-state index is 0.209. The highest BCUT2D eigenvalue weighted by Gasteiger charge is 2.08. The van der Waals surface area contributed by atoms with Gasteiger partial charge in [-0.2, -0.15) is 5.10 Å². The van der Waals surface area contributed by atoms with E-state index in [1.807, 2.05) is 24.3 Å². The lowest BCUT2D eigenvalue weighted by Crippen LogP contribution is -2.24. The molecule has 0 aliphatic rings. The summed E-state index contributed by atoms with van der Waals surface area (Å²) in [6.45, 7) is 0.101. The van der Waals surface area contributed by atoms with Crippen LogP contribution in [-0.4, -0.2) is 25.8 Å². The molecule has 0 saturated carbocycles. The third kappa shape index (κ3) is 6.64. The van der Waals surface area contributed by atoms with E-state index in [0.717, 1.165) is 5.56 Å². The monoisotopic (exact) mass is 458 g/mol. The van der Waals surface area contributed by atoms with E-state index in [9.17, 15) is 4.79 Å². The first-order valence-corrected chi connectivity index (χ1v) is 10.1. The van der Waals surface area contributed by atoms with Crippen molar-refractivity contribution in [2.75, 3.05) is 13.7 Å².